The second-order valence-corrected chi connectivity index (χ2v) is 4.01. The van der Waals surface area contributed by atoms with E-state index in [4.69, 9.17) is 9.84 Å². The van der Waals surface area contributed by atoms with Crippen LogP contribution in [0.3, 0.4) is 0 Å². The molecule has 1 unspecified atom stereocenters. The Morgan fingerprint density at radius 1 is 1.29 bits per heavy atom. The lowest BCUT2D eigenvalue weighted by Crippen LogP contribution is -2.43. The summed E-state index contributed by atoms with van der Waals surface area (Å²) in [6.07, 6.45) is 3.34. The van der Waals surface area contributed by atoms with E-state index in [-0.39, 0.29) is 18.6 Å². The van der Waals surface area contributed by atoms with E-state index in [2.05, 4.69) is 17.6 Å². The van der Waals surface area contributed by atoms with Gasteiger partial charge in [0.25, 0.3) is 0 Å². The van der Waals surface area contributed by atoms with Crippen molar-refractivity contribution in [3.8, 4) is 0 Å². The zero-order valence-corrected chi connectivity index (χ0v) is 11.0. The lowest BCUT2D eigenvalue weighted by Gasteiger charge is -2.13. The Bertz CT molecular complexity index is 189. The molecule has 102 valence electrons. The molecule has 0 radical (unpaired) electrons. The van der Waals surface area contributed by atoms with Crippen LogP contribution in [0.4, 0.5) is 0 Å². The maximum atomic E-state index is 11.6. The van der Waals surface area contributed by atoms with Gasteiger partial charge in [-0.05, 0) is 13.3 Å². The molecule has 0 saturated heterocycles. The number of aliphatic hydroxyl groups is 1. The minimum absolute atomic E-state index is 0.0308. The van der Waals surface area contributed by atoms with Crippen LogP contribution in [0.2, 0.25) is 0 Å². The number of rotatable bonds is 11. The van der Waals surface area contributed by atoms with Gasteiger partial charge in [0.1, 0.15) is 0 Å². The average Bonchev–Trinajstić information content (AvgIpc) is 2.34. The Labute approximate surface area is 104 Å². The quantitative estimate of drug-likeness (QED) is 0.458. The van der Waals surface area contributed by atoms with Crippen molar-refractivity contribution in [2.45, 2.75) is 39.2 Å². The molecule has 0 fully saturated rings. The van der Waals surface area contributed by atoms with Crippen LogP contribution in [0.1, 0.15) is 33.1 Å². The minimum atomic E-state index is -0.200. The monoisotopic (exact) mass is 246 g/mol. The van der Waals surface area contributed by atoms with Crippen molar-refractivity contribution in [2.24, 2.45) is 0 Å². The van der Waals surface area contributed by atoms with Gasteiger partial charge in [0.15, 0.2) is 0 Å². The smallest absolute Gasteiger partial charge is 0.236 e. The molecule has 0 saturated carbocycles. The first-order chi connectivity index (χ1) is 8.22. The third-order valence-corrected chi connectivity index (χ3v) is 2.41. The first-order valence-corrected chi connectivity index (χ1v) is 6.42. The summed E-state index contributed by atoms with van der Waals surface area (Å²) >= 11 is 0. The standard InChI is InChI=1S/C12H26N2O3/c1-3-4-5-6-14-12(16)11(2)13-7-9-17-10-8-15/h11,13,15H,3-10H2,1-2H3,(H,14,16). The minimum Gasteiger partial charge on any atom is -0.394 e. The third kappa shape index (κ3) is 10.2. The molecule has 5 nitrogen and oxygen atoms in total. The van der Waals surface area contributed by atoms with E-state index >= 15 is 0 Å². The lowest BCUT2D eigenvalue weighted by atomic mass is 10.2. The zero-order valence-electron chi connectivity index (χ0n) is 11.0. The molecule has 0 aliphatic carbocycles. The molecule has 0 bridgehead atoms. The van der Waals surface area contributed by atoms with Crippen molar-refractivity contribution in [1.29, 1.82) is 0 Å². The van der Waals surface area contributed by atoms with Gasteiger partial charge in [0, 0.05) is 13.1 Å². The molecule has 1 atom stereocenters. The summed E-state index contributed by atoms with van der Waals surface area (Å²) in [5.41, 5.74) is 0. The van der Waals surface area contributed by atoms with Crippen LogP contribution < -0.4 is 10.6 Å². The van der Waals surface area contributed by atoms with Crippen LogP contribution >= 0.6 is 0 Å². The Kier molecular flexibility index (Phi) is 11.4. The highest BCUT2D eigenvalue weighted by Gasteiger charge is 2.10. The molecule has 0 rings (SSSR count). The second kappa shape index (κ2) is 11.8. The second-order valence-electron chi connectivity index (χ2n) is 4.01. The molecule has 0 aliphatic heterocycles. The van der Waals surface area contributed by atoms with Crippen molar-refractivity contribution in [3.05, 3.63) is 0 Å². The Hall–Kier alpha value is -0.650. The Morgan fingerprint density at radius 3 is 2.71 bits per heavy atom. The molecule has 3 N–H and O–H groups in total. The molecule has 1 amide bonds. The van der Waals surface area contributed by atoms with Crippen LogP contribution in [0.15, 0.2) is 0 Å². The van der Waals surface area contributed by atoms with E-state index in [0.717, 1.165) is 25.8 Å². The lowest BCUT2D eigenvalue weighted by molar-refractivity contribution is -0.122. The average molecular weight is 246 g/mol. The van der Waals surface area contributed by atoms with Gasteiger partial charge in [0.05, 0.1) is 25.9 Å². The van der Waals surface area contributed by atoms with Gasteiger partial charge in [0.2, 0.25) is 5.91 Å². The highest BCUT2D eigenvalue weighted by atomic mass is 16.5. The Balaban J connectivity index is 3.40. The van der Waals surface area contributed by atoms with Gasteiger partial charge in [-0.2, -0.15) is 0 Å². The van der Waals surface area contributed by atoms with Crippen LogP contribution in [0.5, 0.6) is 0 Å². The molecule has 0 aromatic rings. The molecular formula is C12H26N2O3. The first-order valence-electron chi connectivity index (χ1n) is 6.42. The topological polar surface area (TPSA) is 70.6 Å². The predicted octanol–water partition coefficient (Wildman–Crippen LogP) is 0.280. The van der Waals surface area contributed by atoms with Gasteiger partial charge >= 0.3 is 0 Å². The fourth-order valence-electron chi connectivity index (χ4n) is 1.35. The van der Waals surface area contributed by atoms with Gasteiger partial charge in [-0.3, -0.25) is 4.79 Å². The molecule has 17 heavy (non-hydrogen) atoms. The number of hydrogen-bond donors (Lipinski definition) is 3. The molecule has 0 aromatic carbocycles. The maximum Gasteiger partial charge on any atom is 0.236 e. The number of hydrogen-bond acceptors (Lipinski definition) is 4. The van der Waals surface area contributed by atoms with Crippen LogP contribution in [-0.4, -0.2) is 50.0 Å². The number of aliphatic hydroxyl groups excluding tert-OH is 1. The summed E-state index contributed by atoms with van der Waals surface area (Å²) in [5, 5.41) is 14.4. The number of carbonyl (C=O) groups excluding carboxylic acids is 1. The van der Waals surface area contributed by atoms with Gasteiger partial charge in [-0.15, -0.1) is 0 Å². The van der Waals surface area contributed by atoms with Gasteiger partial charge in [-0.1, -0.05) is 19.8 Å². The number of ether oxygens (including phenoxy) is 1. The van der Waals surface area contributed by atoms with E-state index in [1.54, 1.807) is 0 Å². The van der Waals surface area contributed by atoms with Crippen molar-refractivity contribution in [1.82, 2.24) is 10.6 Å². The molecule has 5 heteroatoms. The maximum absolute atomic E-state index is 11.6. The van der Waals surface area contributed by atoms with E-state index in [9.17, 15) is 4.79 Å². The fourth-order valence-corrected chi connectivity index (χ4v) is 1.35. The van der Waals surface area contributed by atoms with E-state index in [1.807, 2.05) is 6.92 Å². The van der Waals surface area contributed by atoms with Crippen LogP contribution in [0, 0.1) is 0 Å². The number of nitrogens with one attached hydrogen (secondary N) is 2. The van der Waals surface area contributed by atoms with Crippen LogP contribution in [-0.2, 0) is 9.53 Å². The molecule has 0 spiro atoms. The molecule has 0 heterocycles. The zero-order chi connectivity index (χ0) is 12.9. The van der Waals surface area contributed by atoms with Gasteiger partial charge < -0.3 is 20.5 Å². The SMILES string of the molecule is CCCCCNC(=O)C(C)NCCOCCO. The molecule has 0 aromatic heterocycles. The normalized spacial score (nSPS) is 12.4. The van der Waals surface area contributed by atoms with Gasteiger partial charge in [-0.25, -0.2) is 0 Å². The van der Waals surface area contributed by atoms with E-state index in [0.29, 0.717) is 19.8 Å². The highest BCUT2D eigenvalue weighted by molar-refractivity contribution is 5.81. The summed E-state index contributed by atoms with van der Waals surface area (Å²) in [6.45, 7) is 6.23. The van der Waals surface area contributed by atoms with Crippen molar-refractivity contribution < 1.29 is 14.6 Å². The number of carbonyl (C=O) groups is 1. The van der Waals surface area contributed by atoms with E-state index < -0.39 is 0 Å². The number of amides is 1. The number of unbranched alkanes of at least 4 members (excludes halogenated alkanes) is 2. The molecular weight excluding hydrogens is 220 g/mol. The first kappa shape index (κ1) is 16.4. The van der Waals surface area contributed by atoms with Crippen LogP contribution in [0.25, 0.3) is 0 Å². The van der Waals surface area contributed by atoms with Crippen molar-refractivity contribution >= 4 is 5.91 Å². The van der Waals surface area contributed by atoms with Crippen molar-refractivity contribution in [3.63, 3.8) is 0 Å². The van der Waals surface area contributed by atoms with E-state index in [1.165, 1.54) is 0 Å². The summed E-state index contributed by atoms with van der Waals surface area (Å²) in [4.78, 5) is 11.6. The summed E-state index contributed by atoms with van der Waals surface area (Å²) in [7, 11) is 0. The molecule has 0 aliphatic rings. The van der Waals surface area contributed by atoms with Crippen molar-refractivity contribution in [2.75, 3.05) is 32.9 Å². The predicted molar refractivity (Wildman–Crippen MR) is 67.9 cm³/mol. The third-order valence-electron chi connectivity index (χ3n) is 2.41. The highest BCUT2D eigenvalue weighted by Crippen LogP contribution is 1.91. The summed E-state index contributed by atoms with van der Waals surface area (Å²) in [6, 6.07) is -0.200. The summed E-state index contributed by atoms with van der Waals surface area (Å²) in [5.74, 6) is 0.0308. The fraction of sp³-hybridized carbons (Fsp3) is 0.917. The Morgan fingerprint density at radius 2 is 2.06 bits per heavy atom. The summed E-state index contributed by atoms with van der Waals surface area (Å²) < 4.78 is 5.08. The largest absolute Gasteiger partial charge is 0.394 e.